The topological polar surface area (TPSA) is 76.4 Å². The first kappa shape index (κ1) is 22.1. The first-order valence-electron chi connectivity index (χ1n) is 9.45. The summed E-state index contributed by atoms with van der Waals surface area (Å²) in [6.45, 7) is 3.69. The predicted molar refractivity (Wildman–Crippen MR) is 114 cm³/mol. The van der Waals surface area contributed by atoms with E-state index in [0.29, 0.717) is 17.1 Å². The predicted octanol–water partition coefficient (Wildman–Crippen LogP) is 5.27. The summed E-state index contributed by atoms with van der Waals surface area (Å²) in [6.07, 6.45) is -1.11. The van der Waals surface area contributed by atoms with E-state index >= 15 is 0 Å². The first-order valence-corrected chi connectivity index (χ1v) is 10.4. The minimum Gasteiger partial charge on any atom is -0.457 e. The summed E-state index contributed by atoms with van der Waals surface area (Å²) in [5, 5.41) is 8.71. The molecular weight excluding hydrogens is 425 g/mol. The molecule has 0 aromatic heterocycles. The molecule has 4 atom stereocenters. The largest absolute Gasteiger partial charge is 0.457 e. The fraction of sp³-hybridized carbons (Fsp3) is 0.348. The molecule has 1 aliphatic rings. The van der Waals surface area contributed by atoms with E-state index in [1.807, 2.05) is 50.2 Å². The highest BCUT2D eigenvalue weighted by Gasteiger charge is 2.66. The summed E-state index contributed by atoms with van der Waals surface area (Å²) >= 11 is 11.8. The third-order valence-corrected chi connectivity index (χ3v) is 6.19. The smallest absolute Gasteiger partial charge is 0.311 e. The summed E-state index contributed by atoms with van der Waals surface area (Å²) < 4.78 is 11.3. The Morgan fingerprint density at radius 2 is 1.80 bits per heavy atom. The zero-order valence-electron chi connectivity index (χ0n) is 16.5. The second-order valence-electron chi connectivity index (χ2n) is 7.76. The molecule has 1 saturated carbocycles. The van der Waals surface area contributed by atoms with Gasteiger partial charge in [0.1, 0.15) is 17.6 Å². The first-order chi connectivity index (χ1) is 14.3. The minimum atomic E-state index is -1.11. The Morgan fingerprint density at radius 1 is 1.13 bits per heavy atom. The molecule has 156 valence electrons. The Labute approximate surface area is 185 Å². The molecule has 7 heteroatoms. The molecule has 0 bridgehead atoms. The van der Waals surface area contributed by atoms with Crippen LogP contribution in [-0.2, 0) is 14.3 Å². The molecule has 0 amide bonds. The van der Waals surface area contributed by atoms with Gasteiger partial charge in [0.2, 0.25) is 6.10 Å². The summed E-state index contributed by atoms with van der Waals surface area (Å²) in [7, 11) is 0. The van der Waals surface area contributed by atoms with Crippen molar-refractivity contribution in [2.45, 2.75) is 25.3 Å². The third kappa shape index (κ3) is 4.61. The molecule has 30 heavy (non-hydrogen) atoms. The summed E-state index contributed by atoms with van der Waals surface area (Å²) in [4.78, 5) is 24.6. The fourth-order valence-electron chi connectivity index (χ4n) is 3.67. The lowest BCUT2D eigenvalue weighted by Gasteiger charge is -2.14. The molecular formula is C23H21Cl2NO4. The molecule has 0 spiro atoms. The van der Waals surface area contributed by atoms with E-state index in [-0.39, 0.29) is 17.6 Å². The van der Waals surface area contributed by atoms with E-state index in [4.69, 9.17) is 32.7 Å². The SMILES string of the molecule is CC1(C)[C@H](C(=O)OC(C#N)c2cccc(Oc3ccccc3)c2)[C@@H]1C(Cl)C(=O)CCl. The van der Waals surface area contributed by atoms with Crippen molar-refractivity contribution in [3.63, 3.8) is 0 Å². The Hall–Kier alpha value is -2.55. The highest BCUT2D eigenvalue weighted by atomic mass is 35.5. The molecule has 0 saturated heterocycles. The minimum absolute atomic E-state index is 0.211. The molecule has 1 aliphatic carbocycles. The molecule has 2 aromatic rings. The number of hydrogen-bond donors (Lipinski definition) is 0. The number of rotatable bonds is 8. The van der Waals surface area contributed by atoms with Crippen LogP contribution >= 0.6 is 23.2 Å². The summed E-state index contributed by atoms with van der Waals surface area (Å²) in [6, 6.07) is 18.1. The number of esters is 1. The maximum Gasteiger partial charge on any atom is 0.311 e. The fourth-order valence-corrected chi connectivity index (χ4v) is 4.46. The third-order valence-electron chi connectivity index (χ3n) is 5.41. The van der Waals surface area contributed by atoms with Gasteiger partial charge in [-0.25, -0.2) is 0 Å². The van der Waals surface area contributed by atoms with Crippen molar-refractivity contribution in [3.05, 3.63) is 60.2 Å². The van der Waals surface area contributed by atoms with E-state index in [9.17, 15) is 14.9 Å². The van der Waals surface area contributed by atoms with Gasteiger partial charge in [-0.3, -0.25) is 9.59 Å². The van der Waals surface area contributed by atoms with Crippen LogP contribution in [0.1, 0.15) is 25.5 Å². The maximum absolute atomic E-state index is 12.8. The van der Waals surface area contributed by atoms with Crippen molar-refractivity contribution in [1.82, 2.24) is 0 Å². The van der Waals surface area contributed by atoms with Crippen LogP contribution < -0.4 is 4.74 Å². The van der Waals surface area contributed by atoms with Crippen molar-refractivity contribution >= 4 is 35.0 Å². The molecule has 0 radical (unpaired) electrons. The van der Waals surface area contributed by atoms with Crippen LogP contribution in [0.3, 0.4) is 0 Å². The van der Waals surface area contributed by atoms with Crippen LogP contribution in [0.5, 0.6) is 11.5 Å². The van der Waals surface area contributed by atoms with Crippen LogP contribution in [0.15, 0.2) is 54.6 Å². The Balaban J connectivity index is 1.71. The van der Waals surface area contributed by atoms with E-state index in [0.717, 1.165) is 0 Å². The van der Waals surface area contributed by atoms with Gasteiger partial charge in [0.15, 0.2) is 5.78 Å². The zero-order chi connectivity index (χ0) is 21.9. The molecule has 2 unspecified atom stereocenters. The maximum atomic E-state index is 12.8. The molecule has 0 heterocycles. The standard InChI is InChI=1S/C23H21Cl2NO4/c1-23(2)19(21(25)17(27)12-24)20(23)22(28)30-18(13-26)14-7-6-10-16(11-14)29-15-8-4-3-5-9-15/h3-11,18-21H,12H2,1-2H3/t18?,19-,20+,21?/m1/s1. The van der Waals surface area contributed by atoms with Crippen molar-refractivity contribution in [2.24, 2.45) is 17.3 Å². The molecule has 3 rings (SSSR count). The number of ketones is 1. The molecule has 1 fully saturated rings. The van der Waals surface area contributed by atoms with E-state index in [2.05, 4.69) is 0 Å². The van der Waals surface area contributed by atoms with Crippen LogP contribution in [0.4, 0.5) is 0 Å². The van der Waals surface area contributed by atoms with Gasteiger partial charge in [-0.05, 0) is 29.7 Å². The number of alkyl halides is 2. The van der Waals surface area contributed by atoms with Gasteiger partial charge in [0.25, 0.3) is 0 Å². The molecule has 0 N–H and O–H groups in total. The van der Waals surface area contributed by atoms with Crippen molar-refractivity contribution in [1.29, 1.82) is 5.26 Å². The molecule has 0 aliphatic heterocycles. The van der Waals surface area contributed by atoms with Crippen LogP contribution in [-0.4, -0.2) is 23.0 Å². The van der Waals surface area contributed by atoms with Crippen molar-refractivity contribution in [3.8, 4) is 17.6 Å². The number of para-hydroxylation sites is 1. The van der Waals surface area contributed by atoms with Gasteiger partial charge in [-0.2, -0.15) is 5.26 Å². The second-order valence-corrected chi connectivity index (χ2v) is 8.50. The number of benzene rings is 2. The number of Topliss-reactive ketones (excluding diaryl/α,β-unsaturated/α-hetero) is 1. The quantitative estimate of drug-likeness (QED) is 0.408. The highest BCUT2D eigenvalue weighted by Crippen LogP contribution is 2.62. The number of ether oxygens (including phenoxy) is 2. The van der Waals surface area contributed by atoms with Crippen molar-refractivity contribution < 1.29 is 19.1 Å². The average molecular weight is 446 g/mol. The summed E-state index contributed by atoms with van der Waals surface area (Å²) in [5.74, 6) is -0.879. The summed E-state index contributed by atoms with van der Waals surface area (Å²) in [5.41, 5.74) is -0.0164. The van der Waals surface area contributed by atoms with E-state index in [1.165, 1.54) is 0 Å². The normalized spacial score (nSPS) is 21.0. The van der Waals surface area contributed by atoms with Crippen LogP contribution in [0.2, 0.25) is 0 Å². The molecule has 2 aromatic carbocycles. The average Bonchev–Trinajstić information content (AvgIpc) is 3.33. The van der Waals surface area contributed by atoms with Gasteiger partial charge in [-0.15, -0.1) is 23.2 Å². The van der Waals surface area contributed by atoms with Crippen LogP contribution in [0, 0.1) is 28.6 Å². The Morgan fingerprint density at radius 3 is 2.43 bits per heavy atom. The Kier molecular flexibility index (Phi) is 6.70. The molecule has 5 nitrogen and oxygen atoms in total. The highest BCUT2D eigenvalue weighted by molar-refractivity contribution is 6.38. The van der Waals surface area contributed by atoms with Gasteiger partial charge >= 0.3 is 5.97 Å². The lowest BCUT2D eigenvalue weighted by atomic mass is 10.1. The van der Waals surface area contributed by atoms with E-state index < -0.39 is 28.8 Å². The number of halogens is 2. The number of hydrogen-bond acceptors (Lipinski definition) is 5. The zero-order valence-corrected chi connectivity index (χ0v) is 18.1. The van der Waals surface area contributed by atoms with Gasteiger partial charge in [0, 0.05) is 11.5 Å². The number of nitrogens with zero attached hydrogens (tertiary/aromatic N) is 1. The second kappa shape index (κ2) is 9.07. The van der Waals surface area contributed by atoms with Crippen molar-refractivity contribution in [2.75, 3.05) is 5.88 Å². The monoisotopic (exact) mass is 445 g/mol. The van der Waals surface area contributed by atoms with E-state index in [1.54, 1.807) is 24.3 Å². The number of carbonyl (C=O) groups is 2. The number of nitriles is 1. The van der Waals surface area contributed by atoms with Gasteiger partial charge in [-0.1, -0.05) is 44.2 Å². The lowest BCUT2D eigenvalue weighted by molar-refractivity contribution is -0.149. The Bertz CT molecular complexity index is 971. The van der Waals surface area contributed by atoms with Gasteiger partial charge in [0.05, 0.1) is 17.2 Å². The lowest BCUT2D eigenvalue weighted by Crippen LogP contribution is -2.22. The number of carbonyl (C=O) groups excluding carboxylic acids is 2. The van der Waals surface area contributed by atoms with Gasteiger partial charge < -0.3 is 9.47 Å². The van der Waals surface area contributed by atoms with Crippen LogP contribution in [0.25, 0.3) is 0 Å².